The maximum atomic E-state index is 9.91. The summed E-state index contributed by atoms with van der Waals surface area (Å²) in [7, 11) is 0. The Hall–Kier alpha value is -6.73. The molecule has 0 saturated carbocycles. The summed E-state index contributed by atoms with van der Waals surface area (Å²) in [5.41, 5.74) is 8.27. The van der Waals surface area contributed by atoms with Gasteiger partial charge in [0.1, 0.15) is 6.17 Å². The molecular formula is C51H34N4S2. The number of nitrogens with one attached hydrogen (secondary N) is 2. The predicted molar refractivity (Wildman–Crippen MR) is 247 cm³/mol. The molecule has 0 fully saturated rings. The van der Waals surface area contributed by atoms with E-state index in [9.17, 15) is 5.41 Å². The lowest BCUT2D eigenvalue weighted by molar-refractivity contribution is 0.661. The number of nitrogens with zero attached hydrogens (tertiary/aromatic N) is 2. The fourth-order valence-corrected chi connectivity index (χ4v) is 11.7. The molecule has 0 aliphatic heterocycles. The quantitative estimate of drug-likeness (QED) is 0.163. The molecule has 0 aliphatic rings. The number of anilines is 1. The Balaban J connectivity index is 1.06. The average molecular weight is 767 g/mol. The van der Waals surface area contributed by atoms with Crippen molar-refractivity contribution in [1.82, 2.24) is 9.13 Å². The van der Waals surface area contributed by atoms with Crippen LogP contribution in [0.3, 0.4) is 0 Å². The molecule has 4 aromatic heterocycles. The smallest absolute Gasteiger partial charge is 0.101 e. The van der Waals surface area contributed by atoms with Gasteiger partial charge < -0.3 is 14.5 Å². The molecule has 12 aromatic rings. The predicted octanol–water partition coefficient (Wildman–Crippen LogP) is 14.7. The van der Waals surface area contributed by atoms with Crippen molar-refractivity contribution in [2.24, 2.45) is 0 Å². The maximum Gasteiger partial charge on any atom is 0.101 e. The maximum absolute atomic E-state index is 9.91. The first-order chi connectivity index (χ1) is 28.1. The van der Waals surface area contributed by atoms with Gasteiger partial charge in [-0.05, 0) is 60.8 Å². The number of fused-ring (bicyclic) bond motifs is 14. The summed E-state index contributed by atoms with van der Waals surface area (Å²) in [6.07, 6.45) is -0.147. The van der Waals surface area contributed by atoms with Gasteiger partial charge in [-0.25, -0.2) is 0 Å². The van der Waals surface area contributed by atoms with E-state index in [0.717, 1.165) is 48.3 Å². The number of hydrogen-bond donors (Lipinski definition) is 2. The molecular weight excluding hydrogens is 733 g/mol. The summed E-state index contributed by atoms with van der Waals surface area (Å²) in [5, 5.41) is 25.1. The Morgan fingerprint density at radius 1 is 0.526 bits per heavy atom. The minimum absolute atomic E-state index is 0.147. The van der Waals surface area contributed by atoms with Crippen molar-refractivity contribution in [1.29, 1.82) is 5.41 Å². The number of aromatic nitrogens is 2. The van der Waals surface area contributed by atoms with Crippen molar-refractivity contribution >= 4 is 119 Å². The lowest BCUT2D eigenvalue weighted by atomic mass is 10.00. The van der Waals surface area contributed by atoms with Crippen LogP contribution in [0.2, 0.25) is 0 Å². The van der Waals surface area contributed by atoms with Crippen molar-refractivity contribution in [3.05, 3.63) is 180 Å². The lowest BCUT2D eigenvalue weighted by Crippen LogP contribution is -2.16. The number of rotatable bonds is 6. The van der Waals surface area contributed by atoms with Crippen LogP contribution in [0.15, 0.2) is 170 Å². The molecule has 57 heavy (non-hydrogen) atoms. The van der Waals surface area contributed by atoms with E-state index in [2.05, 4.69) is 191 Å². The van der Waals surface area contributed by atoms with Crippen LogP contribution in [0.25, 0.3) is 90.3 Å². The summed E-state index contributed by atoms with van der Waals surface area (Å²) in [5.74, 6) is 0. The lowest BCUT2D eigenvalue weighted by Gasteiger charge is -2.21. The van der Waals surface area contributed by atoms with Gasteiger partial charge in [0.25, 0.3) is 0 Å². The number of thiophene rings is 2. The van der Waals surface area contributed by atoms with Crippen molar-refractivity contribution in [2.45, 2.75) is 13.1 Å². The van der Waals surface area contributed by atoms with Gasteiger partial charge in [-0.3, -0.25) is 5.41 Å². The molecule has 0 radical (unpaired) electrons. The molecule has 0 saturated heterocycles. The van der Waals surface area contributed by atoms with Crippen LogP contribution in [0.4, 0.5) is 5.69 Å². The Kier molecular flexibility index (Phi) is 7.06. The molecule has 2 N–H and O–H groups in total. The first-order valence-corrected chi connectivity index (χ1v) is 21.0. The van der Waals surface area contributed by atoms with Crippen LogP contribution < -0.4 is 5.32 Å². The van der Waals surface area contributed by atoms with Crippen LogP contribution in [0.5, 0.6) is 0 Å². The SMILES string of the molecule is CC(Nc1c(C(=N)c2ccc3c(c2)c2ccccc2n3-c2ccccc2)sc2ccccc12)n1c2ccccc2c2c3ccccc3c3sc4ccccc4c3c21. The molecule has 12 rings (SSSR count). The van der Waals surface area contributed by atoms with Gasteiger partial charge in [0.05, 0.1) is 38.3 Å². The van der Waals surface area contributed by atoms with Gasteiger partial charge in [0.2, 0.25) is 0 Å². The van der Waals surface area contributed by atoms with Gasteiger partial charge in [-0.2, -0.15) is 0 Å². The minimum atomic E-state index is -0.147. The van der Waals surface area contributed by atoms with E-state index in [4.69, 9.17) is 0 Å². The first-order valence-electron chi connectivity index (χ1n) is 19.3. The molecule has 4 heterocycles. The highest BCUT2D eigenvalue weighted by Crippen LogP contribution is 2.48. The highest BCUT2D eigenvalue weighted by molar-refractivity contribution is 7.27. The molecule has 0 aliphatic carbocycles. The second-order valence-electron chi connectivity index (χ2n) is 14.9. The molecule has 8 aromatic carbocycles. The standard InChI is InChI=1S/C51H34N4S2/c1-30(54-41-24-12-8-20-36(41)45-34-18-5-6-19-35(34)50-46(49(45)54)37-21-9-13-25-43(37)56-50)53-48-38-22-10-14-26-44(38)57-51(48)47(52)31-27-28-42-39(29-31)33-17-7-11-23-40(33)55(42)32-15-3-2-4-16-32/h2-30,52-53H,1H3. The van der Waals surface area contributed by atoms with E-state index in [1.54, 1.807) is 11.3 Å². The fraction of sp³-hybridized carbons (Fsp3) is 0.0392. The van der Waals surface area contributed by atoms with Gasteiger partial charge >= 0.3 is 0 Å². The van der Waals surface area contributed by atoms with Gasteiger partial charge in [0.15, 0.2) is 0 Å². The van der Waals surface area contributed by atoms with Gasteiger partial charge in [-0.15, -0.1) is 22.7 Å². The van der Waals surface area contributed by atoms with Crippen LogP contribution in [0.1, 0.15) is 23.5 Å². The third-order valence-corrected chi connectivity index (χ3v) is 14.1. The van der Waals surface area contributed by atoms with Crippen molar-refractivity contribution in [3.63, 3.8) is 0 Å². The van der Waals surface area contributed by atoms with Crippen molar-refractivity contribution in [3.8, 4) is 5.69 Å². The average Bonchev–Trinajstić information content (AvgIpc) is 4.02. The zero-order chi connectivity index (χ0) is 37.8. The number of hydrogen-bond acceptors (Lipinski definition) is 4. The Labute approximate surface area is 336 Å². The number of benzene rings is 8. The van der Waals surface area contributed by atoms with E-state index in [0.29, 0.717) is 5.71 Å². The summed E-state index contributed by atoms with van der Waals surface area (Å²) >= 11 is 3.58. The second kappa shape index (κ2) is 12.4. The van der Waals surface area contributed by atoms with E-state index in [1.807, 2.05) is 11.3 Å². The molecule has 6 heteroatoms. The number of para-hydroxylation sites is 3. The van der Waals surface area contributed by atoms with Crippen LogP contribution >= 0.6 is 22.7 Å². The molecule has 0 spiro atoms. The fourth-order valence-electron chi connectivity index (χ4n) is 9.31. The molecule has 0 bridgehead atoms. The minimum Gasteiger partial charge on any atom is -0.363 e. The zero-order valence-corrected chi connectivity index (χ0v) is 32.6. The van der Waals surface area contributed by atoms with E-state index < -0.39 is 0 Å². The molecule has 4 nitrogen and oxygen atoms in total. The second-order valence-corrected chi connectivity index (χ2v) is 17.0. The van der Waals surface area contributed by atoms with Crippen LogP contribution in [-0.4, -0.2) is 14.8 Å². The van der Waals surface area contributed by atoms with E-state index in [1.165, 1.54) is 58.1 Å². The molecule has 270 valence electrons. The Bertz CT molecular complexity index is 3600. The largest absolute Gasteiger partial charge is 0.363 e. The monoisotopic (exact) mass is 766 g/mol. The van der Waals surface area contributed by atoms with Gasteiger partial charge in [-0.1, -0.05) is 121 Å². The summed E-state index contributed by atoms with van der Waals surface area (Å²) in [6.45, 7) is 2.27. The summed E-state index contributed by atoms with van der Waals surface area (Å²) in [6, 6.07) is 60.8. The van der Waals surface area contributed by atoms with Crippen molar-refractivity contribution in [2.75, 3.05) is 5.32 Å². The Morgan fingerprint density at radius 3 is 1.91 bits per heavy atom. The normalized spacial score (nSPS) is 12.6. The third-order valence-electron chi connectivity index (χ3n) is 11.7. The van der Waals surface area contributed by atoms with E-state index in [-0.39, 0.29) is 6.17 Å². The summed E-state index contributed by atoms with van der Waals surface area (Å²) < 4.78 is 8.62. The highest BCUT2D eigenvalue weighted by atomic mass is 32.1. The van der Waals surface area contributed by atoms with Crippen LogP contribution in [0, 0.1) is 5.41 Å². The third kappa shape index (κ3) is 4.69. The zero-order valence-electron chi connectivity index (χ0n) is 31.0. The Morgan fingerprint density at radius 2 is 1.12 bits per heavy atom. The first kappa shape index (κ1) is 32.5. The van der Waals surface area contributed by atoms with Crippen LogP contribution in [-0.2, 0) is 0 Å². The topological polar surface area (TPSA) is 45.7 Å². The molecule has 0 amide bonds. The summed E-state index contributed by atoms with van der Waals surface area (Å²) in [4.78, 5) is 0.937. The molecule has 1 unspecified atom stereocenters. The van der Waals surface area contributed by atoms with E-state index >= 15 is 0 Å². The van der Waals surface area contributed by atoms with Crippen molar-refractivity contribution < 1.29 is 0 Å². The highest BCUT2D eigenvalue weighted by Gasteiger charge is 2.25. The molecule has 1 atom stereocenters. The van der Waals surface area contributed by atoms with Gasteiger partial charge in [0, 0.05) is 68.4 Å².